The standard InChI is InChI=1S/C22H13Cl2F3N2/c23-18-2-1-3-19(27)17(18)12-29-22(14-6-10-16(26)11-7-14)20(24)21(28-29)13-4-8-15(25)9-5-13/h1-11H,12H2. The molecule has 0 fully saturated rings. The molecule has 0 radical (unpaired) electrons. The van der Waals surface area contributed by atoms with Crippen LogP contribution in [-0.2, 0) is 6.54 Å². The van der Waals surface area contributed by atoms with Crippen LogP contribution in [0.1, 0.15) is 5.56 Å². The average molecular weight is 433 g/mol. The molecule has 146 valence electrons. The summed E-state index contributed by atoms with van der Waals surface area (Å²) in [5.74, 6) is -1.26. The normalized spacial score (nSPS) is 11.1. The monoisotopic (exact) mass is 432 g/mol. The zero-order valence-electron chi connectivity index (χ0n) is 14.8. The fourth-order valence-corrected chi connectivity index (χ4v) is 3.64. The molecular weight excluding hydrogens is 420 g/mol. The van der Waals surface area contributed by atoms with Gasteiger partial charge in [-0.3, -0.25) is 4.68 Å². The predicted octanol–water partition coefficient (Wildman–Crippen LogP) is 6.99. The van der Waals surface area contributed by atoms with Crippen LogP contribution in [-0.4, -0.2) is 9.78 Å². The average Bonchev–Trinajstić information content (AvgIpc) is 3.02. The number of nitrogens with zero attached hydrogens (tertiary/aromatic N) is 2. The van der Waals surface area contributed by atoms with Crippen molar-refractivity contribution >= 4 is 23.2 Å². The highest BCUT2D eigenvalue weighted by Crippen LogP contribution is 2.37. The van der Waals surface area contributed by atoms with E-state index in [1.807, 2.05) is 0 Å². The topological polar surface area (TPSA) is 17.8 Å². The highest BCUT2D eigenvalue weighted by atomic mass is 35.5. The number of hydrogen-bond donors (Lipinski definition) is 0. The van der Waals surface area contributed by atoms with Gasteiger partial charge in [0.25, 0.3) is 0 Å². The molecule has 0 N–H and O–H groups in total. The molecule has 7 heteroatoms. The van der Waals surface area contributed by atoms with Crippen LogP contribution in [0.5, 0.6) is 0 Å². The van der Waals surface area contributed by atoms with E-state index in [0.717, 1.165) is 0 Å². The number of hydrogen-bond acceptors (Lipinski definition) is 1. The second kappa shape index (κ2) is 7.93. The Labute approximate surface area is 175 Å². The Kier molecular flexibility index (Phi) is 5.35. The Morgan fingerprint density at radius 2 is 1.34 bits per heavy atom. The van der Waals surface area contributed by atoms with Gasteiger partial charge in [-0.2, -0.15) is 5.10 Å². The van der Waals surface area contributed by atoms with E-state index in [9.17, 15) is 13.2 Å². The molecule has 0 saturated carbocycles. The first-order valence-electron chi connectivity index (χ1n) is 8.65. The van der Waals surface area contributed by atoms with Gasteiger partial charge in [0.1, 0.15) is 23.1 Å². The molecule has 0 aliphatic rings. The molecule has 1 aromatic heterocycles. The number of rotatable bonds is 4. The Balaban J connectivity index is 1.89. The van der Waals surface area contributed by atoms with Crippen molar-refractivity contribution in [2.75, 3.05) is 0 Å². The minimum absolute atomic E-state index is 0.0130. The van der Waals surface area contributed by atoms with Crippen molar-refractivity contribution in [2.24, 2.45) is 0 Å². The van der Waals surface area contributed by atoms with Gasteiger partial charge in [-0.05, 0) is 60.7 Å². The molecule has 0 aliphatic heterocycles. The highest BCUT2D eigenvalue weighted by molar-refractivity contribution is 6.35. The fraction of sp³-hybridized carbons (Fsp3) is 0.0455. The molecule has 0 atom stereocenters. The first-order chi connectivity index (χ1) is 13.9. The molecule has 4 rings (SSSR count). The Bertz CT molecular complexity index is 1150. The first kappa shape index (κ1) is 19.6. The van der Waals surface area contributed by atoms with Gasteiger partial charge in [0, 0.05) is 21.7 Å². The van der Waals surface area contributed by atoms with Crippen molar-refractivity contribution in [3.63, 3.8) is 0 Å². The molecule has 4 aromatic rings. The van der Waals surface area contributed by atoms with Crippen LogP contribution >= 0.6 is 23.2 Å². The van der Waals surface area contributed by atoms with Crippen molar-refractivity contribution in [1.82, 2.24) is 9.78 Å². The lowest BCUT2D eigenvalue weighted by atomic mass is 10.1. The van der Waals surface area contributed by atoms with Crippen LogP contribution in [0.3, 0.4) is 0 Å². The quantitative estimate of drug-likeness (QED) is 0.339. The van der Waals surface area contributed by atoms with Crippen molar-refractivity contribution in [2.45, 2.75) is 6.54 Å². The van der Waals surface area contributed by atoms with E-state index in [1.54, 1.807) is 30.3 Å². The third-order valence-electron chi connectivity index (χ3n) is 4.50. The Morgan fingerprint density at radius 1 is 0.759 bits per heavy atom. The fourth-order valence-electron chi connectivity index (χ4n) is 3.06. The molecule has 3 aromatic carbocycles. The molecule has 0 unspecified atom stereocenters. The van der Waals surface area contributed by atoms with E-state index < -0.39 is 11.6 Å². The molecule has 1 heterocycles. The van der Waals surface area contributed by atoms with Crippen LogP contribution in [0.4, 0.5) is 13.2 Å². The van der Waals surface area contributed by atoms with Gasteiger partial charge < -0.3 is 0 Å². The summed E-state index contributed by atoms with van der Waals surface area (Å²) in [7, 11) is 0. The summed E-state index contributed by atoms with van der Waals surface area (Å²) in [6.07, 6.45) is 0. The molecule has 0 amide bonds. The third kappa shape index (κ3) is 3.88. The number of benzene rings is 3. The number of aromatic nitrogens is 2. The molecule has 0 spiro atoms. The first-order valence-corrected chi connectivity index (χ1v) is 9.40. The smallest absolute Gasteiger partial charge is 0.129 e. The Morgan fingerprint density at radius 3 is 1.93 bits per heavy atom. The summed E-state index contributed by atoms with van der Waals surface area (Å²) in [6.45, 7) is 0.0130. The van der Waals surface area contributed by atoms with E-state index in [4.69, 9.17) is 23.2 Å². The van der Waals surface area contributed by atoms with Gasteiger partial charge in [0.2, 0.25) is 0 Å². The highest BCUT2D eigenvalue weighted by Gasteiger charge is 2.21. The van der Waals surface area contributed by atoms with Gasteiger partial charge in [-0.1, -0.05) is 29.3 Å². The summed E-state index contributed by atoms with van der Waals surface area (Å²) in [4.78, 5) is 0. The molecule has 29 heavy (non-hydrogen) atoms. The van der Waals surface area contributed by atoms with E-state index in [-0.39, 0.29) is 28.0 Å². The zero-order valence-corrected chi connectivity index (χ0v) is 16.4. The van der Waals surface area contributed by atoms with Crippen LogP contribution < -0.4 is 0 Å². The molecular formula is C22H13Cl2F3N2. The predicted molar refractivity (Wildman–Crippen MR) is 109 cm³/mol. The third-order valence-corrected chi connectivity index (χ3v) is 5.21. The molecule has 2 nitrogen and oxygen atoms in total. The minimum atomic E-state index is -0.475. The molecule has 0 bridgehead atoms. The largest absolute Gasteiger partial charge is 0.258 e. The van der Waals surface area contributed by atoms with Gasteiger partial charge in [-0.15, -0.1) is 0 Å². The SMILES string of the molecule is Fc1ccc(-c2nn(Cc3c(F)cccc3Cl)c(-c3ccc(F)cc3)c2Cl)cc1. The van der Waals surface area contributed by atoms with Gasteiger partial charge in [0.15, 0.2) is 0 Å². The molecule has 0 saturated heterocycles. The summed E-state index contributed by atoms with van der Waals surface area (Å²) >= 11 is 12.8. The summed E-state index contributed by atoms with van der Waals surface area (Å²) < 4.78 is 42.6. The van der Waals surface area contributed by atoms with E-state index in [1.165, 1.54) is 41.1 Å². The summed E-state index contributed by atoms with van der Waals surface area (Å²) in [5, 5.41) is 5.07. The summed E-state index contributed by atoms with van der Waals surface area (Å²) in [6, 6.07) is 15.9. The zero-order chi connectivity index (χ0) is 20.5. The van der Waals surface area contributed by atoms with Gasteiger partial charge in [-0.25, -0.2) is 13.2 Å². The van der Waals surface area contributed by atoms with Crippen LogP contribution in [0, 0.1) is 17.5 Å². The minimum Gasteiger partial charge on any atom is -0.258 e. The lowest BCUT2D eigenvalue weighted by Gasteiger charge is -2.10. The van der Waals surface area contributed by atoms with Crippen LogP contribution in [0.2, 0.25) is 10.0 Å². The Hall–Kier alpha value is -2.76. The molecule has 0 aliphatic carbocycles. The van der Waals surface area contributed by atoms with Crippen molar-refractivity contribution in [3.05, 3.63) is 99.8 Å². The van der Waals surface area contributed by atoms with Crippen molar-refractivity contribution in [1.29, 1.82) is 0 Å². The lowest BCUT2D eigenvalue weighted by molar-refractivity contribution is 0.587. The van der Waals surface area contributed by atoms with Crippen molar-refractivity contribution in [3.8, 4) is 22.5 Å². The maximum Gasteiger partial charge on any atom is 0.129 e. The van der Waals surface area contributed by atoms with Crippen LogP contribution in [0.25, 0.3) is 22.5 Å². The number of halogens is 5. The second-order valence-electron chi connectivity index (χ2n) is 6.38. The van der Waals surface area contributed by atoms with Gasteiger partial charge in [0.05, 0.1) is 17.3 Å². The second-order valence-corrected chi connectivity index (χ2v) is 7.17. The van der Waals surface area contributed by atoms with E-state index in [0.29, 0.717) is 22.5 Å². The lowest BCUT2D eigenvalue weighted by Crippen LogP contribution is -2.06. The maximum absolute atomic E-state index is 14.3. The van der Waals surface area contributed by atoms with E-state index in [2.05, 4.69) is 5.10 Å². The summed E-state index contributed by atoms with van der Waals surface area (Å²) in [5.41, 5.74) is 2.33. The van der Waals surface area contributed by atoms with Gasteiger partial charge >= 0.3 is 0 Å². The van der Waals surface area contributed by atoms with Crippen molar-refractivity contribution < 1.29 is 13.2 Å². The maximum atomic E-state index is 14.3. The van der Waals surface area contributed by atoms with E-state index >= 15 is 0 Å². The van der Waals surface area contributed by atoms with Crippen LogP contribution in [0.15, 0.2) is 66.7 Å².